The molecule has 2 aliphatic heterocycles. The highest BCUT2D eigenvalue weighted by Gasteiger charge is 2.50. The number of rotatable bonds is 3. The molecular formula is C16H19FN2O3. The molecule has 2 fully saturated rings. The van der Waals surface area contributed by atoms with Gasteiger partial charge in [-0.2, -0.15) is 0 Å². The van der Waals surface area contributed by atoms with Gasteiger partial charge in [0.05, 0.1) is 0 Å². The van der Waals surface area contributed by atoms with Crippen molar-refractivity contribution in [3.05, 3.63) is 35.6 Å². The summed E-state index contributed by atoms with van der Waals surface area (Å²) in [4.78, 5) is 26.1. The maximum absolute atomic E-state index is 14.0. The average molecular weight is 306 g/mol. The number of ether oxygens (including phenoxy) is 1. The molecule has 1 aromatic carbocycles. The Labute approximate surface area is 128 Å². The van der Waals surface area contributed by atoms with E-state index in [4.69, 9.17) is 4.74 Å². The van der Waals surface area contributed by atoms with Crippen molar-refractivity contribution in [2.75, 3.05) is 19.8 Å². The molecule has 118 valence electrons. The largest absolute Gasteiger partial charge is 0.381 e. The number of benzene rings is 1. The molecule has 1 aromatic rings. The number of hydrogen-bond acceptors (Lipinski definition) is 3. The fraction of sp³-hybridized carbons (Fsp3) is 0.500. The minimum absolute atomic E-state index is 0.197. The second kappa shape index (κ2) is 5.68. The van der Waals surface area contributed by atoms with E-state index in [1.165, 1.54) is 17.0 Å². The fourth-order valence-corrected chi connectivity index (χ4v) is 3.10. The molecule has 2 saturated heterocycles. The third kappa shape index (κ3) is 2.47. The van der Waals surface area contributed by atoms with Crippen molar-refractivity contribution in [2.24, 2.45) is 5.92 Å². The Morgan fingerprint density at radius 1 is 1.32 bits per heavy atom. The van der Waals surface area contributed by atoms with Crippen molar-refractivity contribution >= 4 is 11.9 Å². The minimum Gasteiger partial charge on any atom is -0.381 e. The summed E-state index contributed by atoms with van der Waals surface area (Å²) in [6.07, 6.45) is 1.65. The van der Waals surface area contributed by atoms with Gasteiger partial charge >= 0.3 is 6.03 Å². The summed E-state index contributed by atoms with van der Waals surface area (Å²) >= 11 is 0. The van der Waals surface area contributed by atoms with E-state index in [1.54, 1.807) is 19.1 Å². The lowest BCUT2D eigenvalue weighted by atomic mass is 9.91. The monoisotopic (exact) mass is 306 g/mol. The third-order valence-corrected chi connectivity index (χ3v) is 4.47. The first-order valence-electron chi connectivity index (χ1n) is 7.49. The van der Waals surface area contributed by atoms with E-state index in [9.17, 15) is 14.0 Å². The zero-order valence-electron chi connectivity index (χ0n) is 12.5. The smallest absolute Gasteiger partial charge is 0.325 e. The van der Waals surface area contributed by atoms with Gasteiger partial charge in [-0.25, -0.2) is 9.18 Å². The highest BCUT2D eigenvalue weighted by atomic mass is 19.1. The summed E-state index contributed by atoms with van der Waals surface area (Å²) in [5.74, 6) is -0.646. The second-order valence-electron chi connectivity index (χ2n) is 6.01. The number of nitrogens with zero attached hydrogens (tertiary/aromatic N) is 1. The molecule has 22 heavy (non-hydrogen) atoms. The van der Waals surface area contributed by atoms with Gasteiger partial charge in [-0.05, 0) is 31.7 Å². The summed E-state index contributed by atoms with van der Waals surface area (Å²) in [7, 11) is 0. The van der Waals surface area contributed by atoms with Crippen molar-refractivity contribution in [1.82, 2.24) is 10.2 Å². The van der Waals surface area contributed by atoms with Crippen molar-refractivity contribution in [3.8, 4) is 0 Å². The zero-order chi connectivity index (χ0) is 15.7. The summed E-state index contributed by atoms with van der Waals surface area (Å²) < 4.78 is 19.3. The molecule has 1 N–H and O–H groups in total. The summed E-state index contributed by atoms with van der Waals surface area (Å²) in [5, 5.41) is 2.64. The predicted octanol–water partition coefficient (Wildman–Crippen LogP) is 2.02. The molecule has 2 heterocycles. The van der Waals surface area contributed by atoms with Gasteiger partial charge < -0.3 is 10.1 Å². The highest BCUT2D eigenvalue weighted by molar-refractivity contribution is 6.07. The molecule has 1 unspecified atom stereocenters. The zero-order valence-corrected chi connectivity index (χ0v) is 12.5. The molecule has 3 amide bonds. The number of imide groups is 1. The van der Waals surface area contributed by atoms with Crippen LogP contribution in [0.5, 0.6) is 0 Å². The number of carbonyl (C=O) groups is 2. The molecule has 0 bridgehead atoms. The third-order valence-electron chi connectivity index (χ3n) is 4.47. The Morgan fingerprint density at radius 2 is 2.00 bits per heavy atom. The molecule has 6 heteroatoms. The number of amides is 3. The van der Waals surface area contributed by atoms with E-state index in [1.807, 2.05) is 0 Å². The minimum atomic E-state index is -1.34. The second-order valence-corrected chi connectivity index (χ2v) is 6.01. The SMILES string of the molecule is CC1(c2ccccc2F)NC(=O)N(CC2CCOCC2)C1=O. The van der Waals surface area contributed by atoms with Crippen LogP contribution in [0.3, 0.4) is 0 Å². The Hall–Kier alpha value is -1.95. The van der Waals surface area contributed by atoms with Crippen molar-refractivity contribution in [3.63, 3.8) is 0 Å². The van der Waals surface area contributed by atoms with Gasteiger partial charge in [0, 0.05) is 25.3 Å². The topological polar surface area (TPSA) is 58.6 Å². The van der Waals surface area contributed by atoms with Gasteiger partial charge in [0.15, 0.2) is 0 Å². The normalized spacial score (nSPS) is 26.4. The molecule has 0 aromatic heterocycles. The van der Waals surface area contributed by atoms with Gasteiger partial charge in [-0.15, -0.1) is 0 Å². The maximum atomic E-state index is 14.0. The molecule has 0 aliphatic carbocycles. The van der Waals surface area contributed by atoms with Gasteiger partial charge in [-0.3, -0.25) is 9.69 Å². The van der Waals surface area contributed by atoms with E-state index < -0.39 is 23.3 Å². The lowest BCUT2D eigenvalue weighted by Gasteiger charge is -2.26. The first-order chi connectivity index (χ1) is 10.5. The van der Waals surface area contributed by atoms with Crippen LogP contribution in [0.4, 0.5) is 9.18 Å². The number of urea groups is 1. The lowest BCUT2D eigenvalue weighted by Crippen LogP contribution is -2.42. The van der Waals surface area contributed by atoms with Crippen LogP contribution in [0.25, 0.3) is 0 Å². The van der Waals surface area contributed by atoms with Crippen LogP contribution in [-0.4, -0.2) is 36.6 Å². The predicted molar refractivity (Wildman–Crippen MR) is 77.5 cm³/mol. The molecule has 0 saturated carbocycles. The van der Waals surface area contributed by atoms with E-state index in [2.05, 4.69) is 5.32 Å². The number of halogens is 1. The number of carbonyl (C=O) groups excluding carboxylic acids is 2. The molecule has 3 rings (SSSR count). The lowest BCUT2D eigenvalue weighted by molar-refractivity contribution is -0.131. The Bertz CT molecular complexity index is 601. The summed E-state index contributed by atoms with van der Waals surface area (Å²) in [6, 6.07) is 5.59. The van der Waals surface area contributed by atoms with E-state index >= 15 is 0 Å². The van der Waals surface area contributed by atoms with Crippen LogP contribution in [0.15, 0.2) is 24.3 Å². The molecule has 5 nitrogen and oxygen atoms in total. The van der Waals surface area contributed by atoms with Crippen molar-refractivity contribution < 1.29 is 18.7 Å². The van der Waals surface area contributed by atoms with Crippen LogP contribution < -0.4 is 5.32 Å². The van der Waals surface area contributed by atoms with Crippen LogP contribution >= 0.6 is 0 Å². The molecule has 2 aliphatic rings. The van der Waals surface area contributed by atoms with Crippen LogP contribution in [0, 0.1) is 11.7 Å². The van der Waals surface area contributed by atoms with E-state index in [0.717, 1.165) is 12.8 Å². The van der Waals surface area contributed by atoms with E-state index in [-0.39, 0.29) is 11.5 Å². The highest BCUT2D eigenvalue weighted by Crippen LogP contribution is 2.31. The Balaban J connectivity index is 1.83. The molecular weight excluding hydrogens is 287 g/mol. The van der Waals surface area contributed by atoms with Crippen molar-refractivity contribution in [1.29, 1.82) is 0 Å². The van der Waals surface area contributed by atoms with Crippen LogP contribution in [-0.2, 0) is 15.1 Å². The molecule has 0 spiro atoms. The van der Waals surface area contributed by atoms with Gasteiger partial charge in [-0.1, -0.05) is 18.2 Å². The number of hydrogen-bond donors (Lipinski definition) is 1. The summed E-state index contributed by atoms with van der Waals surface area (Å²) in [5.41, 5.74) is -1.14. The molecule has 0 radical (unpaired) electrons. The Kier molecular flexibility index (Phi) is 3.87. The summed E-state index contributed by atoms with van der Waals surface area (Å²) in [6.45, 7) is 3.21. The first-order valence-corrected chi connectivity index (χ1v) is 7.49. The van der Waals surface area contributed by atoms with E-state index in [0.29, 0.717) is 19.8 Å². The van der Waals surface area contributed by atoms with Crippen molar-refractivity contribution in [2.45, 2.75) is 25.3 Å². The standard InChI is InChI=1S/C16H19FN2O3/c1-16(12-4-2-3-5-13(12)17)14(20)19(15(21)18-16)10-11-6-8-22-9-7-11/h2-5,11H,6-10H2,1H3,(H,18,21). The average Bonchev–Trinajstić information content (AvgIpc) is 2.73. The van der Waals surface area contributed by atoms with Gasteiger partial charge in [0.25, 0.3) is 5.91 Å². The van der Waals surface area contributed by atoms with Gasteiger partial charge in [0.2, 0.25) is 0 Å². The Morgan fingerprint density at radius 3 is 2.68 bits per heavy atom. The molecule has 1 atom stereocenters. The maximum Gasteiger partial charge on any atom is 0.325 e. The van der Waals surface area contributed by atoms with Crippen LogP contribution in [0.2, 0.25) is 0 Å². The number of nitrogens with one attached hydrogen (secondary N) is 1. The first kappa shape index (κ1) is 15.0. The van der Waals surface area contributed by atoms with Crippen LogP contribution in [0.1, 0.15) is 25.3 Å². The van der Waals surface area contributed by atoms with Gasteiger partial charge in [0.1, 0.15) is 11.4 Å². The quantitative estimate of drug-likeness (QED) is 0.869. The fourth-order valence-electron chi connectivity index (χ4n) is 3.10.